The smallest absolute Gasteiger partial charge is 0.259 e. The van der Waals surface area contributed by atoms with Crippen LogP contribution in [0, 0.1) is 12.7 Å². The summed E-state index contributed by atoms with van der Waals surface area (Å²) in [5, 5.41) is 12.3. The molecule has 2 aromatic carbocycles. The molecular weight excluding hydrogens is 467 g/mol. The molecule has 0 saturated heterocycles. The Balaban J connectivity index is 1.52. The number of anilines is 1. The maximum absolute atomic E-state index is 13.7. The maximum Gasteiger partial charge on any atom is 0.259 e. The minimum absolute atomic E-state index is 0.194. The summed E-state index contributed by atoms with van der Waals surface area (Å²) in [5.74, 6) is 0.0933. The third-order valence-corrected chi connectivity index (χ3v) is 5.67. The van der Waals surface area contributed by atoms with E-state index in [1.807, 2.05) is 0 Å². The minimum atomic E-state index is -0.436. The van der Waals surface area contributed by atoms with Gasteiger partial charge in [-0.1, -0.05) is 22.9 Å². The summed E-state index contributed by atoms with van der Waals surface area (Å²) in [6, 6.07) is 12.9. The molecule has 0 aliphatic carbocycles. The molecule has 168 valence electrons. The number of benzene rings is 2. The van der Waals surface area contributed by atoms with Crippen molar-refractivity contribution in [3.05, 3.63) is 81.8 Å². The van der Waals surface area contributed by atoms with Crippen molar-refractivity contribution in [1.29, 1.82) is 0 Å². The lowest BCUT2D eigenvalue weighted by Crippen LogP contribution is -2.14. The molecule has 1 N–H and O–H groups in total. The quantitative estimate of drug-likeness (QED) is 0.370. The number of carbonyl (C=O) groups excluding carboxylic acids is 1. The minimum Gasteiger partial charge on any atom is -0.496 e. The van der Waals surface area contributed by atoms with Crippen molar-refractivity contribution in [2.24, 2.45) is 0 Å². The zero-order chi connectivity index (χ0) is 23.4. The monoisotopic (exact) mass is 484 g/mol. The average molecular weight is 485 g/mol. The van der Waals surface area contributed by atoms with Crippen molar-refractivity contribution in [2.75, 3.05) is 12.4 Å². The lowest BCUT2D eigenvalue weighted by molar-refractivity contribution is 0.102. The number of amides is 1. The molecule has 10 heteroatoms. The molecule has 0 aliphatic heterocycles. The Morgan fingerprint density at radius 1 is 1.12 bits per heavy atom. The van der Waals surface area contributed by atoms with Crippen LogP contribution < -0.4 is 14.8 Å². The van der Waals surface area contributed by atoms with Crippen LogP contribution in [0.1, 0.15) is 21.1 Å². The first kappa shape index (κ1) is 22.6. The van der Waals surface area contributed by atoms with Crippen LogP contribution in [-0.4, -0.2) is 28.2 Å². The predicted molar refractivity (Wildman–Crippen MR) is 125 cm³/mol. The van der Waals surface area contributed by atoms with Gasteiger partial charge < -0.3 is 9.47 Å². The number of hydrogen-bond acceptors (Lipinski definition) is 7. The van der Waals surface area contributed by atoms with Crippen molar-refractivity contribution >= 4 is 34.0 Å². The standard InChI is InChI=1S/C23H18ClFN4O3S/c1-13-9-18(17-8-5-15(25)10-20(17)31-2)19(11-26-13)22(30)27-23-29-28-21(33-23)12-32-16-6-3-14(24)4-7-16/h3-11H,12H2,1-2H3,(H,27,29,30). The second-order valence-corrected chi connectivity index (χ2v) is 8.41. The summed E-state index contributed by atoms with van der Waals surface area (Å²) >= 11 is 7.06. The van der Waals surface area contributed by atoms with Gasteiger partial charge in [-0.05, 0) is 49.4 Å². The molecule has 4 rings (SSSR count). The van der Waals surface area contributed by atoms with Gasteiger partial charge >= 0.3 is 0 Å². The molecule has 0 saturated carbocycles. The van der Waals surface area contributed by atoms with Crippen LogP contribution in [0.25, 0.3) is 11.1 Å². The molecule has 7 nitrogen and oxygen atoms in total. The second-order valence-electron chi connectivity index (χ2n) is 6.91. The molecule has 2 heterocycles. The molecule has 1 amide bonds. The second kappa shape index (κ2) is 9.93. The summed E-state index contributed by atoms with van der Waals surface area (Å²) in [7, 11) is 1.45. The molecular formula is C23H18ClFN4O3S. The van der Waals surface area contributed by atoms with Crippen molar-refractivity contribution in [3.8, 4) is 22.6 Å². The van der Waals surface area contributed by atoms with E-state index in [0.29, 0.717) is 49.0 Å². The molecule has 33 heavy (non-hydrogen) atoms. The fourth-order valence-corrected chi connectivity index (χ4v) is 3.83. The first-order valence-corrected chi connectivity index (χ1v) is 10.9. The number of nitrogens with zero attached hydrogens (tertiary/aromatic N) is 3. The van der Waals surface area contributed by atoms with Crippen molar-refractivity contribution in [3.63, 3.8) is 0 Å². The summed E-state index contributed by atoms with van der Waals surface area (Å²) in [5.41, 5.74) is 2.13. The number of rotatable bonds is 7. The molecule has 0 atom stereocenters. The highest BCUT2D eigenvalue weighted by atomic mass is 35.5. The number of methoxy groups -OCH3 is 1. The van der Waals surface area contributed by atoms with E-state index in [0.717, 1.165) is 0 Å². The number of aromatic nitrogens is 3. The Labute approximate surface area is 198 Å². The topological polar surface area (TPSA) is 86.2 Å². The highest BCUT2D eigenvalue weighted by molar-refractivity contribution is 7.15. The summed E-state index contributed by atoms with van der Waals surface area (Å²) in [4.78, 5) is 17.3. The highest BCUT2D eigenvalue weighted by Gasteiger charge is 2.19. The van der Waals surface area contributed by atoms with Crippen LogP contribution in [0.2, 0.25) is 5.02 Å². The van der Waals surface area contributed by atoms with E-state index in [-0.39, 0.29) is 6.61 Å². The van der Waals surface area contributed by atoms with Gasteiger partial charge in [0.15, 0.2) is 5.01 Å². The maximum atomic E-state index is 13.7. The van der Waals surface area contributed by atoms with Crippen LogP contribution in [0.3, 0.4) is 0 Å². The van der Waals surface area contributed by atoms with Gasteiger partial charge in [-0.3, -0.25) is 15.1 Å². The van der Waals surface area contributed by atoms with Gasteiger partial charge in [0.2, 0.25) is 5.13 Å². The zero-order valence-corrected chi connectivity index (χ0v) is 19.2. The average Bonchev–Trinajstić information content (AvgIpc) is 3.25. The van der Waals surface area contributed by atoms with Gasteiger partial charge in [0.05, 0.1) is 12.7 Å². The van der Waals surface area contributed by atoms with Gasteiger partial charge in [-0.2, -0.15) is 0 Å². The van der Waals surface area contributed by atoms with E-state index in [9.17, 15) is 9.18 Å². The zero-order valence-electron chi connectivity index (χ0n) is 17.6. The number of pyridine rings is 1. The molecule has 4 aromatic rings. The summed E-state index contributed by atoms with van der Waals surface area (Å²) in [6.45, 7) is 2.00. The number of aryl methyl sites for hydroxylation is 1. The van der Waals surface area contributed by atoms with E-state index in [4.69, 9.17) is 21.1 Å². The summed E-state index contributed by atoms with van der Waals surface area (Å²) < 4.78 is 24.6. The molecule has 0 fully saturated rings. The Morgan fingerprint density at radius 3 is 2.67 bits per heavy atom. The van der Waals surface area contributed by atoms with E-state index in [1.54, 1.807) is 43.3 Å². The SMILES string of the molecule is COc1cc(F)ccc1-c1cc(C)ncc1C(=O)Nc1nnc(COc2ccc(Cl)cc2)s1. The Hall–Kier alpha value is -3.56. The first-order chi connectivity index (χ1) is 15.9. The van der Waals surface area contributed by atoms with Gasteiger partial charge in [-0.15, -0.1) is 10.2 Å². The van der Waals surface area contributed by atoms with E-state index in [2.05, 4.69) is 20.5 Å². The van der Waals surface area contributed by atoms with E-state index < -0.39 is 11.7 Å². The largest absolute Gasteiger partial charge is 0.496 e. The lowest BCUT2D eigenvalue weighted by atomic mass is 9.99. The van der Waals surface area contributed by atoms with Gasteiger partial charge in [0, 0.05) is 34.1 Å². The van der Waals surface area contributed by atoms with Crippen LogP contribution in [0.5, 0.6) is 11.5 Å². The molecule has 0 radical (unpaired) electrons. The number of hydrogen-bond donors (Lipinski definition) is 1. The van der Waals surface area contributed by atoms with Gasteiger partial charge in [-0.25, -0.2) is 4.39 Å². The molecule has 0 spiro atoms. The van der Waals surface area contributed by atoms with Crippen LogP contribution in [0.4, 0.5) is 9.52 Å². The van der Waals surface area contributed by atoms with Crippen LogP contribution in [-0.2, 0) is 6.61 Å². The third-order valence-electron chi connectivity index (χ3n) is 4.60. The molecule has 2 aromatic heterocycles. The number of carbonyl (C=O) groups is 1. The number of ether oxygens (including phenoxy) is 2. The van der Waals surface area contributed by atoms with Gasteiger partial charge in [0.1, 0.15) is 23.9 Å². The number of nitrogens with one attached hydrogen (secondary N) is 1. The van der Waals surface area contributed by atoms with Crippen LogP contribution >= 0.6 is 22.9 Å². The predicted octanol–water partition coefficient (Wildman–Crippen LogP) is 5.54. The fourth-order valence-electron chi connectivity index (χ4n) is 3.05. The van der Waals surface area contributed by atoms with E-state index >= 15 is 0 Å². The molecule has 0 bridgehead atoms. The Kier molecular flexibility index (Phi) is 6.81. The Morgan fingerprint density at radius 2 is 1.91 bits per heavy atom. The number of halogens is 2. The lowest BCUT2D eigenvalue weighted by Gasteiger charge is -2.13. The molecule has 0 aliphatic rings. The fraction of sp³-hybridized carbons (Fsp3) is 0.130. The highest BCUT2D eigenvalue weighted by Crippen LogP contribution is 2.33. The van der Waals surface area contributed by atoms with Crippen LogP contribution in [0.15, 0.2) is 54.7 Å². The molecule has 0 unspecified atom stereocenters. The third kappa shape index (κ3) is 5.44. The van der Waals surface area contributed by atoms with Gasteiger partial charge in [0.25, 0.3) is 5.91 Å². The normalized spacial score (nSPS) is 10.7. The summed E-state index contributed by atoms with van der Waals surface area (Å²) in [6.07, 6.45) is 1.47. The van der Waals surface area contributed by atoms with Crippen molar-refractivity contribution < 1.29 is 18.7 Å². The van der Waals surface area contributed by atoms with E-state index in [1.165, 1.54) is 36.8 Å². The Bertz CT molecular complexity index is 1300. The van der Waals surface area contributed by atoms with Crippen molar-refractivity contribution in [2.45, 2.75) is 13.5 Å². The van der Waals surface area contributed by atoms with Crippen molar-refractivity contribution in [1.82, 2.24) is 15.2 Å². The first-order valence-electron chi connectivity index (χ1n) is 9.75.